The maximum absolute atomic E-state index is 6.14. The molecule has 0 spiro atoms. The lowest BCUT2D eigenvalue weighted by Gasteiger charge is -2.27. The number of thiophene rings is 1. The summed E-state index contributed by atoms with van der Waals surface area (Å²) in [6, 6.07) is 71.0. The van der Waals surface area contributed by atoms with Crippen LogP contribution in [0, 0.1) is 0 Å². The molecule has 0 atom stereocenters. The van der Waals surface area contributed by atoms with E-state index in [4.69, 9.17) is 9.40 Å². The highest BCUT2D eigenvalue weighted by atomic mass is 32.1. The van der Waals surface area contributed by atoms with Crippen molar-refractivity contribution in [2.45, 2.75) is 0 Å². The zero-order chi connectivity index (χ0) is 37.0. The van der Waals surface area contributed by atoms with Crippen molar-refractivity contribution < 1.29 is 4.42 Å². The van der Waals surface area contributed by atoms with E-state index in [1.54, 1.807) is 0 Å². The first-order valence-electron chi connectivity index (χ1n) is 18.8. The number of hydrogen-bond donors (Lipinski definition) is 0. The van der Waals surface area contributed by atoms with Gasteiger partial charge in [-0.3, -0.25) is 0 Å². The molecule has 0 aliphatic carbocycles. The van der Waals surface area contributed by atoms with Crippen LogP contribution in [0.1, 0.15) is 0 Å². The lowest BCUT2D eigenvalue weighted by Crippen LogP contribution is -2.10. The van der Waals surface area contributed by atoms with Gasteiger partial charge in [0, 0.05) is 64.6 Å². The Morgan fingerprint density at radius 2 is 0.893 bits per heavy atom. The minimum absolute atomic E-state index is 0.616. The molecular weight excluding hydrogens is 703 g/mol. The van der Waals surface area contributed by atoms with Crippen LogP contribution in [-0.2, 0) is 0 Å². The normalized spacial score (nSPS) is 11.6. The predicted octanol–water partition coefficient (Wildman–Crippen LogP) is 15.1. The Morgan fingerprint density at radius 3 is 1.50 bits per heavy atom. The second-order valence-corrected chi connectivity index (χ2v) is 15.0. The van der Waals surface area contributed by atoms with Crippen molar-refractivity contribution in [3.63, 3.8) is 0 Å². The average molecular weight is 736 g/mol. The molecule has 2 aromatic heterocycles. The fraction of sp³-hybridized carbons (Fsp3) is 0. The van der Waals surface area contributed by atoms with Crippen LogP contribution in [0.4, 0.5) is 34.1 Å². The molecule has 11 rings (SSSR count). The van der Waals surface area contributed by atoms with Crippen molar-refractivity contribution >= 4 is 98.3 Å². The van der Waals surface area contributed by atoms with E-state index in [0.717, 1.165) is 50.8 Å². The van der Waals surface area contributed by atoms with Crippen LogP contribution in [0.2, 0.25) is 0 Å². The first-order chi connectivity index (χ1) is 27.8. The fourth-order valence-corrected chi connectivity index (χ4v) is 9.40. The number of oxazole rings is 1. The zero-order valence-electron chi connectivity index (χ0n) is 30.2. The van der Waals surface area contributed by atoms with Gasteiger partial charge in [-0.2, -0.15) is 0 Å². The summed E-state index contributed by atoms with van der Waals surface area (Å²) in [5.74, 6) is 0.616. The van der Waals surface area contributed by atoms with Crippen molar-refractivity contribution in [3.05, 3.63) is 200 Å². The van der Waals surface area contributed by atoms with Crippen LogP contribution < -0.4 is 9.80 Å². The van der Waals surface area contributed by atoms with Crippen LogP contribution in [0.15, 0.2) is 205 Å². The van der Waals surface area contributed by atoms with Gasteiger partial charge in [0.25, 0.3) is 0 Å². The molecule has 0 aliphatic heterocycles. The minimum atomic E-state index is 0.616. The summed E-state index contributed by atoms with van der Waals surface area (Å²) >= 11 is 1.88. The molecule has 0 fully saturated rings. The van der Waals surface area contributed by atoms with E-state index in [1.807, 2.05) is 35.6 Å². The molecule has 4 nitrogen and oxygen atoms in total. The smallest absolute Gasteiger partial charge is 0.227 e. The van der Waals surface area contributed by atoms with Crippen LogP contribution >= 0.6 is 11.3 Å². The number of benzene rings is 9. The molecule has 0 saturated heterocycles. The molecule has 0 amide bonds. The van der Waals surface area contributed by atoms with Gasteiger partial charge in [0.1, 0.15) is 5.52 Å². The lowest BCUT2D eigenvalue weighted by molar-refractivity contribution is 0.620. The van der Waals surface area contributed by atoms with E-state index in [1.165, 1.54) is 41.7 Å². The monoisotopic (exact) mass is 735 g/mol. The number of rotatable bonds is 7. The van der Waals surface area contributed by atoms with Crippen LogP contribution in [0.5, 0.6) is 0 Å². The van der Waals surface area contributed by atoms with Crippen molar-refractivity contribution in [2.24, 2.45) is 0 Å². The third-order valence-corrected chi connectivity index (χ3v) is 11.8. The number of para-hydroxylation sites is 5. The molecular formula is C51H33N3OS. The number of fused-ring (bicyclic) bond motifs is 8. The molecule has 9 aromatic carbocycles. The van der Waals surface area contributed by atoms with Gasteiger partial charge in [0.15, 0.2) is 5.58 Å². The summed E-state index contributed by atoms with van der Waals surface area (Å²) in [5.41, 5.74) is 9.23. The summed E-state index contributed by atoms with van der Waals surface area (Å²) in [6.07, 6.45) is 0. The molecule has 0 radical (unpaired) electrons. The van der Waals surface area contributed by atoms with Gasteiger partial charge in [-0.05, 0) is 90.3 Å². The Balaban J connectivity index is 1.15. The van der Waals surface area contributed by atoms with Gasteiger partial charge in [-0.25, -0.2) is 4.98 Å². The third-order valence-electron chi connectivity index (χ3n) is 10.6. The van der Waals surface area contributed by atoms with E-state index in [0.29, 0.717) is 5.89 Å². The van der Waals surface area contributed by atoms with Crippen molar-refractivity contribution in [1.29, 1.82) is 0 Å². The fourth-order valence-electron chi connectivity index (χ4n) is 8.13. The second kappa shape index (κ2) is 13.3. The van der Waals surface area contributed by atoms with E-state index in [2.05, 4.69) is 186 Å². The maximum Gasteiger partial charge on any atom is 0.227 e. The standard InChI is InChI=1S/C51H33N3OS/c1-4-16-35(17-5-1)53(36-18-6-2-7-19-36)46-33-48-49(41-24-12-10-22-39(41)46)43-32-45(40-23-11-13-25-42(40)50(43)56-48)54(37-20-8-3-9-21-37)38-30-28-34(29-31-38)51-52-44-26-14-15-27-47(44)55-51/h1-33H. The van der Waals surface area contributed by atoms with E-state index in [9.17, 15) is 0 Å². The SMILES string of the molecule is c1ccc(N(c2ccc(-c3nc4ccccc4o3)cc2)c2cc3c(sc4cc(N(c5ccccc5)c5ccccc5)c5ccccc5c43)c3ccccc23)cc1. The summed E-state index contributed by atoms with van der Waals surface area (Å²) in [4.78, 5) is 9.53. The van der Waals surface area contributed by atoms with Gasteiger partial charge < -0.3 is 14.2 Å². The highest BCUT2D eigenvalue weighted by molar-refractivity contribution is 7.27. The minimum Gasteiger partial charge on any atom is -0.436 e. The summed E-state index contributed by atoms with van der Waals surface area (Å²) < 4.78 is 8.68. The molecule has 264 valence electrons. The van der Waals surface area contributed by atoms with Gasteiger partial charge in [-0.15, -0.1) is 11.3 Å². The topological polar surface area (TPSA) is 32.5 Å². The quantitative estimate of drug-likeness (QED) is 0.163. The Labute approximate surface area is 327 Å². The molecule has 0 aliphatic rings. The molecule has 5 heteroatoms. The van der Waals surface area contributed by atoms with Crippen LogP contribution in [0.25, 0.3) is 64.3 Å². The van der Waals surface area contributed by atoms with Crippen molar-refractivity contribution in [1.82, 2.24) is 4.98 Å². The summed E-state index contributed by atoms with van der Waals surface area (Å²) in [7, 11) is 0. The highest BCUT2D eigenvalue weighted by Gasteiger charge is 2.23. The van der Waals surface area contributed by atoms with Crippen LogP contribution in [0.3, 0.4) is 0 Å². The molecule has 11 aromatic rings. The molecule has 0 N–H and O–H groups in total. The van der Waals surface area contributed by atoms with E-state index >= 15 is 0 Å². The zero-order valence-corrected chi connectivity index (χ0v) is 31.0. The van der Waals surface area contributed by atoms with E-state index < -0.39 is 0 Å². The number of nitrogens with zero attached hydrogens (tertiary/aromatic N) is 3. The second-order valence-electron chi connectivity index (χ2n) is 13.9. The largest absolute Gasteiger partial charge is 0.436 e. The third kappa shape index (κ3) is 5.32. The van der Waals surface area contributed by atoms with E-state index in [-0.39, 0.29) is 0 Å². The first-order valence-corrected chi connectivity index (χ1v) is 19.6. The number of anilines is 6. The highest BCUT2D eigenvalue weighted by Crippen LogP contribution is 2.50. The molecule has 56 heavy (non-hydrogen) atoms. The Hall–Kier alpha value is -7.21. The van der Waals surface area contributed by atoms with Crippen molar-refractivity contribution in [3.8, 4) is 11.5 Å². The Kier molecular flexibility index (Phi) is 7.64. The average Bonchev–Trinajstić information content (AvgIpc) is 3.88. The predicted molar refractivity (Wildman–Crippen MR) is 237 cm³/mol. The summed E-state index contributed by atoms with van der Waals surface area (Å²) in [5, 5.41) is 7.39. The first kappa shape index (κ1) is 32.2. The summed E-state index contributed by atoms with van der Waals surface area (Å²) in [6.45, 7) is 0. The Morgan fingerprint density at radius 1 is 0.411 bits per heavy atom. The number of hydrogen-bond acceptors (Lipinski definition) is 5. The van der Waals surface area contributed by atoms with Crippen molar-refractivity contribution in [2.75, 3.05) is 9.80 Å². The van der Waals surface area contributed by atoms with Gasteiger partial charge in [0.2, 0.25) is 5.89 Å². The van der Waals surface area contributed by atoms with Gasteiger partial charge in [-0.1, -0.05) is 115 Å². The van der Waals surface area contributed by atoms with Gasteiger partial charge in [0.05, 0.1) is 11.4 Å². The van der Waals surface area contributed by atoms with Crippen LogP contribution in [-0.4, -0.2) is 4.98 Å². The molecule has 0 saturated carbocycles. The molecule has 0 unspecified atom stereocenters. The molecule has 0 bridgehead atoms. The van der Waals surface area contributed by atoms with Gasteiger partial charge >= 0.3 is 0 Å². The lowest BCUT2D eigenvalue weighted by atomic mass is 9.98. The molecule has 2 heterocycles. The Bertz CT molecular complexity index is 3120. The maximum atomic E-state index is 6.14. The number of aromatic nitrogens is 1.